The summed E-state index contributed by atoms with van der Waals surface area (Å²) in [4.78, 5) is 17.8. The number of rotatable bonds is 6. The Bertz CT molecular complexity index is 681. The minimum atomic E-state index is -0.839. The molecule has 1 saturated heterocycles. The Labute approximate surface area is 147 Å². The second-order valence-electron chi connectivity index (χ2n) is 6.44. The van der Waals surface area contributed by atoms with Gasteiger partial charge in [-0.3, -0.25) is 9.69 Å². The van der Waals surface area contributed by atoms with E-state index in [9.17, 15) is 4.79 Å². The highest BCUT2D eigenvalue weighted by Crippen LogP contribution is 2.26. The van der Waals surface area contributed by atoms with Gasteiger partial charge in [-0.1, -0.05) is 37.6 Å². The number of nitrogens with zero attached hydrogens (tertiary/aromatic N) is 2. The topological polar surface area (TPSA) is 53.4 Å². The molecule has 0 saturated carbocycles. The molecule has 5 heteroatoms. The summed E-state index contributed by atoms with van der Waals surface area (Å²) in [6, 6.07) is 9.27. The van der Waals surface area contributed by atoms with E-state index in [1.54, 1.807) is 0 Å². The minimum Gasteiger partial charge on any atom is -0.481 e. The van der Waals surface area contributed by atoms with Crippen molar-refractivity contribution < 1.29 is 9.90 Å². The van der Waals surface area contributed by atoms with Crippen molar-refractivity contribution in [2.24, 2.45) is 0 Å². The molecule has 2 aromatic rings. The van der Waals surface area contributed by atoms with Crippen LogP contribution in [0.15, 0.2) is 29.6 Å². The lowest BCUT2D eigenvalue weighted by atomic mass is 9.99. The number of piperidine rings is 1. The number of carbonyl (C=O) groups is 1. The van der Waals surface area contributed by atoms with Gasteiger partial charge in [-0.05, 0) is 31.4 Å². The van der Waals surface area contributed by atoms with Crippen LogP contribution in [0.2, 0.25) is 0 Å². The summed E-state index contributed by atoms with van der Waals surface area (Å²) in [5.41, 5.74) is 3.03. The summed E-state index contributed by atoms with van der Waals surface area (Å²) in [5.74, 6) is -0.839. The molecule has 1 aliphatic rings. The number of hydrogen-bond acceptors (Lipinski definition) is 4. The maximum Gasteiger partial charge on any atom is 0.309 e. The highest BCUT2D eigenvalue weighted by Gasteiger charge is 2.20. The fourth-order valence-corrected chi connectivity index (χ4v) is 4.22. The zero-order chi connectivity index (χ0) is 16.9. The molecule has 2 heterocycles. The first-order valence-corrected chi connectivity index (χ1v) is 9.53. The largest absolute Gasteiger partial charge is 0.481 e. The molecule has 1 aromatic carbocycles. The quantitative estimate of drug-likeness (QED) is 0.853. The first-order chi connectivity index (χ1) is 11.7. The van der Waals surface area contributed by atoms with Crippen LogP contribution >= 0.6 is 11.3 Å². The predicted octanol–water partition coefficient (Wildman–Crippen LogP) is 4.20. The molecule has 0 spiro atoms. The molecule has 3 rings (SSSR count). The lowest BCUT2D eigenvalue weighted by Crippen LogP contribution is -2.38. The van der Waals surface area contributed by atoms with Crippen LogP contribution in [0.1, 0.15) is 43.9 Å². The second kappa shape index (κ2) is 7.90. The molecule has 1 aromatic heterocycles. The van der Waals surface area contributed by atoms with Crippen molar-refractivity contribution in [3.63, 3.8) is 0 Å². The number of thiazole rings is 1. The van der Waals surface area contributed by atoms with Crippen LogP contribution in [0, 0.1) is 0 Å². The lowest BCUT2D eigenvalue weighted by Gasteiger charge is -2.35. The normalized spacial score (nSPS) is 18.6. The van der Waals surface area contributed by atoms with E-state index in [0.29, 0.717) is 5.69 Å². The van der Waals surface area contributed by atoms with Gasteiger partial charge in [-0.2, -0.15) is 0 Å². The number of carboxylic acids is 1. The minimum absolute atomic E-state index is 0.0120. The summed E-state index contributed by atoms with van der Waals surface area (Å²) >= 11 is 1.51. The summed E-state index contributed by atoms with van der Waals surface area (Å²) < 4.78 is 0. The molecule has 0 radical (unpaired) electrons. The Morgan fingerprint density at radius 1 is 1.33 bits per heavy atom. The van der Waals surface area contributed by atoms with Crippen LogP contribution in [-0.2, 0) is 17.8 Å². The zero-order valence-corrected chi connectivity index (χ0v) is 14.9. The van der Waals surface area contributed by atoms with Crippen molar-refractivity contribution in [3.8, 4) is 10.6 Å². The average molecular weight is 344 g/mol. The Hall–Kier alpha value is -1.72. The maximum absolute atomic E-state index is 10.8. The number of aliphatic carboxylic acids is 1. The van der Waals surface area contributed by atoms with Crippen molar-refractivity contribution in [1.82, 2.24) is 9.88 Å². The van der Waals surface area contributed by atoms with Crippen LogP contribution in [0.5, 0.6) is 0 Å². The van der Waals surface area contributed by atoms with E-state index in [-0.39, 0.29) is 6.42 Å². The van der Waals surface area contributed by atoms with Gasteiger partial charge in [0.15, 0.2) is 0 Å². The average Bonchev–Trinajstić information content (AvgIpc) is 3.04. The van der Waals surface area contributed by atoms with E-state index in [1.807, 2.05) is 5.38 Å². The van der Waals surface area contributed by atoms with E-state index >= 15 is 0 Å². The lowest BCUT2D eigenvalue weighted by molar-refractivity contribution is -0.136. The number of benzene rings is 1. The van der Waals surface area contributed by atoms with Gasteiger partial charge in [0.25, 0.3) is 0 Å². The second-order valence-corrected chi connectivity index (χ2v) is 7.30. The molecule has 0 amide bonds. The first kappa shape index (κ1) is 17.1. The highest BCUT2D eigenvalue weighted by molar-refractivity contribution is 7.13. The fourth-order valence-electron chi connectivity index (χ4n) is 3.39. The molecule has 4 nitrogen and oxygen atoms in total. The third-order valence-electron chi connectivity index (χ3n) is 4.69. The highest BCUT2D eigenvalue weighted by atomic mass is 32.1. The van der Waals surface area contributed by atoms with Crippen LogP contribution in [0.25, 0.3) is 10.6 Å². The number of hydrogen-bond donors (Lipinski definition) is 1. The smallest absolute Gasteiger partial charge is 0.309 e. The Balaban J connectivity index is 1.66. The van der Waals surface area contributed by atoms with Crippen LogP contribution in [0.4, 0.5) is 0 Å². The molecular weight excluding hydrogens is 320 g/mol. The Kier molecular flexibility index (Phi) is 5.63. The van der Waals surface area contributed by atoms with Crippen molar-refractivity contribution in [2.45, 2.75) is 51.6 Å². The monoisotopic (exact) mass is 344 g/mol. The molecule has 1 aliphatic heterocycles. The third-order valence-corrected chi connectivity index (χ3v) is 5.63. The molecular formula is C19H24N2O2S. The predicted molar refractivity (Wildman–Crippen MR) is 97.2 cm³/mol. The Morgan fingerprint density at radius 3 is 2.83 bits per heavy atom. The van der Waals surface area contributed by atoms with Gasteiger partial charge in [0.05, 0.1) is 12.1 Å². The van der Waals surface area contributed by atoms with E-state index in [4.69, 9.17) is 5.11 Å². The van der Waals surface area contributed by atoms with Gasteiger partial charge in [-0.25, -0.2) is 4.98 Å². The van der Waals surface area contributed by atoms with Crippen LogP contribution in [-0.4, -0.2) is 33.5 Å². The summed E-state index contributed by atoms with van der Waals surface area (Å²) in [5, 5.41) is 11.6. The summed E-state index contributed by atoms with van der Waals surface area (Å²) in [6.45, 7) is 4.50. The third kappa shape index (κ3) is 4.22. The first-order valence-electron chi connectivity index (χ1n) is 8.65. The maximum atomic E-state index is 10.8. The van der Waals surface area contributed by atoms with Gasteiger partial charge in [0.2, 0.25) is 0 Å². The van der Waals surface area contributed by atoms with Crippen LogP contribution in [0.3, 0.4) is 0 Å². The van der Waals surface area contributed by atoms with Gasteiger partial charge in [0, 0.05) is 23.5 Å². The molecule has 1 unspecified atom stereocenters. The van der Waals surface area contributed by atoms with Crippen molar-refractivity contribution in [1.29, 1.82) is 0 Å². The van der Waals surface area contributed by atoms with E-state index in [0.717, 1.165) is 23.2 Å². The molecule has 1 fully saturated rings. The Morgan fingerprint density at radius 2 is 2.12 bits per heavy atom. The molecule has 0 aliphatic carbocycles. The standard InChI is InChI=1S/C19H24N2O2S/c1-2-17-5-3-4-10-21(17)12-14-6-8-15(9-7-14)19-20-16(13-24-19)11-18(22)23/h6-9,13,17H,2-5,10-12H2,1H3,(H,22,23). The summed E-state index contributed by atoms with van der Waals surface area (Å²) in [6.07, 6.45) is 5.20. The van der Waals surface area contributed by atoms with E-state index < -0.39 is 5.97 Å². The van der Waals surface area contributed by atoms with Gasteiger partial charge in [-0.15, -0.1) is 11.3 Å². The number of aromatic nitrogens is 1. The summed E-state index contributed by atoms with van der Waals surface area (Å²) in [7, 11) is 0. The van der Waals surface area contributed by atoms with Gasteiger partial charge >= 0.3 is 5.97 Å². The van der Waals surface area contributed by atoms with E-state index in [1.165, 1.54) is 49.1 Å². The molecule has 1 N–H and O–H groups in total. The van der Waals surface area contributed by atoms with Crippen molar-refractivity contribution in [2.75, 3.05) is 6.54 Å². The van der Waals surface area contributed by atoms with Gasteiger partial charge < -0.3 is 5.11 Å². The number of likely N-dealkylation sites (tertiary alicyclic amines) is 1. The number of carboxylic acid groups (broad SMARTS) is 1. The molecule has 24 heavy (non-hydrogen) atoms. The van der Waals surface area contributed by atoms with Crippen molar-refractivity contribution >= 4 is 17.3 Å². The van der Waals surface area contributed by atoms with Crippen molar-refractivity contribution in [3.05, 3.63) is 40.9 Å². The SMILES string of the molecule is CCC1CCCCN1Cc1ccc(-c2nc(CC(=O)O)cs2)cc1. The van der Waals surface area contributed by atoms with Gasteiger partial charge in [0.1, 0.15) is 5.01 Å². The molecule has 128 valence electrons. The molecule has 0 bridgehead atoms. The fraction of sp³-hybridized carbons (Fsp3) is 0.474. The van der Waals surface area contributed by atoms with Crippen LogP contribution < -0.4 is 0 Å². The zero-order valence-electron chi connectivity index (χ0n) is 14.1. The van der Waals surface area contributed by atoms with E-state index in [2.05, 4.69) is 41.1 Å². The molecule has 1 atom stereocenters.